The van der Waals surface area contributed by atoms with Crippen molar-refractivity contribution in [2.24, 2.45) is 5.92 Å². The lowest BCUT2D eigenvalue weighted by Gasteiger charge is -2.23. The second-order valence-corrected chi connectivity index (χ2v) is 3.41. The molecule has 0 saturated carbocycles. The van der Waals surface area contributed by atoms with Gasteiger partial charge in [0.05, 0.1) is 12.2 Å². The van der Waals surface area contributed by atoms with Crippen molar-refractivity contribution in [3.8, 4) is 0 Å². The molecule has 0 bridgehead atoms. The van der Waals surface area contributed by atoms with E-state index < -0.39 is 12.2 Å². The fourth-order valence-corrected chi connectivity index (χ4v) is 1.22. The highest BCUT2D eigenvalue weighted by molar-refractivity contribution is 4.72. The molecule has 4 heteroatoms. The van der Waals surface area contributed by atoms with E-state index in [1.54, 1.807) is 6.92 Å². The lowest BCUT2D eigenvalue weighted by molar-refractivity contribution is -0.0242. The zero-order chi connectivity index (χ0) is 10.3. The topological polar surface area (TPSA) is 80.9 Å². The summed E-state index contributed by atoms with van der Waals surface area (Å²) < 4.78 is 0. The van der Waals surface area contributed by atoms with Crippen LogP contribution in [0.5, 0.6) is 0 Å². The highest BCUT2D eigenvalue weighted by Gasteiger charge is 2.21. The molecule has 0 saturated heterocycles. The first-order valence-corrected chi connectivity index (χ1v) is 4.71. The van der Waals surface area contributed by atoms with Gasteiger partial charge in [0.15, 0.2) is 0 Å². The van der Waals surface area contributed by atoms with Crippen LogP contribution in [0.15, 0.2) is 0 Å². The molecular formula is C9H20O4. The van der Waals surface area contributed by atoms with Crippen molar-refractivity contribution in [3.05, 3.63) is 0 Å². The Morgan fingerprint density at radius 2 is 1.62 bits per heavy atom. The minimum Gasteiger partial charge on any atom is -0.396 e. The summed E-state index contributed by atoms with van der Waals surface area (Å²) in [6.07, 6.45) is -0.234. The van der Waals surface area contributed by atoms with Crippen molar-refractivity contribution in [3.63, 3.8) is 0 Å². The maximum absolute atomic E-state index is 9.50. The third kappa shape index (κ3) is 5.21. The second-order valence-electron chi connectivity index (χ2n) is 3.41. The molecule has 0 aromatic carbocycles. The minimum atomic E-state index is -0.807. The molecule has 4 N–H and O–H groups in total. The highest BCUT2D eigenvalue weighted by Crippen LogP contribution is 2.14. The van der Waals surface area contributed by atoms with E-state index in [0.717, 1.165) is 0 Å². The maximum atomic E-state index is 9.50. The predicted octanol–water partition coefficient (Wildman–Crippen LogP) is -0.501. The van der Waals surface area contributed by atoms with Gasteiger partial charge in [-0.2, -0.15) is 0 Å². The van der Waals surface area contributed by atoms with Gasteiger partial charge in [0, 0.05) is 13.2 Å². The predicted molar refractivity (Wildman–Crippen MR) is 49.2 cm³/mol. The summed E-state index contributed by atoms with van der Waals surface area (Å²) in [5, 5.41) is 36.0. The van der Waals surface area contributed by atoms with Crippen LogP contribution in [0.4, 0.5) is 0 Å². The van der Waals surface area contributed by atoms with Crippen LogP contribution in [0.25, 0.3) is 0 Å². The second kappa shape index (κ2) is 7.26. The minimum absolute atomic E-state index is 0.0188. The van der Waals surface area contributed by atoms with E-state index in [9.17, 15) is 10.2 Å². The standard InChI is InChI=1S/C9H20O4/c1-7(4-6-11)9(13)8(12)3-2-5-10/h7-13H,2-6H2,1H3. The SMILES string of the molecule is CC(CCO)C(O)C(O)CCCO. The molecular weight excluding hydrogens is 172 g/mol. The quantitative estimate of drug-likeness (QED) is 0.438. The van der Waals surface area contributed by atoms with Gasteiger partial charge in [0.25, 0.3) is 0 Å². The van der Waals surface area contributed by atoms with Gasteiger partial charge < -0.3 is 20.4 Å². The van der Waals surface area contributed by atoms with E-state index in [2.05, 4.69) is 0 Å². The molecule has 0 fully saturated rings. The molecule has 0 heterocycles. The average Bonchev–Trinajstić information content (AvgIpc) is 2.13. The summed E-state index contributed by atoms with van der Waals surface area (Å²) in [4.78, 5) is 0. The van der Waals surface area contributed by atoms with E-state index in [-0.39, 0.29) is 19.1 Å². The summed E-state index contributed by atoms with van der Waals surface area (Å²) in [6.45, 7) is 1.83. The van der Waals surface area contributed by atoms with Crippen LogP contribution in [-0.4, -0.2) is 45.8 Å². The lowest BCUT2D eigenvalue weighted by atomic mass is 9.94. The van der Waals surface area contributed by atoms with Crippen molar-refractivity contribution in [2.75, 3.05) is 13.2 Å². The first-order chi connectivity index (χ1) is 6.13. The Kier molecular flexibility index (Phi) is 7.17. The third-order valence-electron chi connectivity index (χ3n) is 2.22. The Morgan fingerprint density at radius 1 is 1.00 bits per heavy atom. The molecule has 0 aromatic heterocycles. The van der Waals surface area contributed by atoms with Crippen molar-refractivity contribution < 1.29 is 20.4 Å². The molecule has 0 spiro atoms. The largest absolute Gasteiger partial charge is 0.396 e. The summed E-state index contributed by atoms with van der Waals surface area (Å²) >= 11 is 0. The smallest absolute Gasteiger partial charge is 0.0825 e. The molecule has 0 aliphatic heterocycles. The highest BCUT2D eigenvalue weighted by atomic mass is 16.3. The van der Waals surface area contributed by atoms with E-state index in [1.165, 1.54) is 0 Å². The molecule has 0 rings (SSSR count). The number of hydrogen-bond acceptors (Lipinski definition) is 4. The monoisotopic (exact) mass is 192 g/mol. The van der Waals surface area contributed by atoms with Crippen LogP contribution in [0.2, 0.25) is 0 Å². The van der Waals surface area contributed by atoms with Gasteiger partial charge in [0.1, 0.15) is 0 Å². The molecule has 0 aliphatic carbocycles. The number of aliphatic hydroxyl groups is 4. The van der Waals surface area contributed by atoms with Crippen LogP contribution >= 0.6 is 0 Å². The van der Waals surface area contributed by atoms with Gasteiger partial charge in [-0.05, 0) is 25.2 Å². The maximum Gasteiger partial charge on any atom is 0.0825 e. The number of hydrogen-bond donors (Lipinski definition) is 4. The van der Waals surface area contributed by atoms with Crippen LogP contribution < -0.4 is 0 Å². The summed E-state index contributed by atoms with van der Waals surface area (Å²) in [6, 6.07) is 0. The van der Waals surface area contributed by atoms with Crippen LogP contribution in [0.3, 0.4) is 0 Å². The Labute approximate surface area is 78.8 Å². The molecule has 3 unspecified atom stereocenters. The lowest BCUT2D eigenvalue weighted by Crippen LogP contribution is -2.32. The average molecular weight is 192 g/mol. The van der Waals surface area contributed by atoms with E-state index in [4.69, 9.17) is 10.2 Å². The van der Waals surface area contributed by atoms with E-state index in [0.29, 0.717) is 19.3 Å². The van der Waals surface area contributed by atoms with Gasteiger partial charge in [-0.25, -0.2) is 0 Å². The summed E-state index contributed by atoms with van der Waals surface area (Å²) in [5.74, 6) is -0.112. The van der Waals surface area contributed by atoms with E-state index in [1.807, 2.05) is 0 Å². The Morgan fingerprint density at radius 3 is 2.08 bits per heavy atom. The van der Waals surface area contributed by atoms with Crippen molar-refractivity contribution in [1.29, 1.82) is 0 Å². The molecule has 0 radical (unpaired) electrons. The van der Waals surface area contributed by atoms with Crippen LogP contribution in [0.1, 0.15) is 26.2 Å². The number of rotatable bonds is 7. The molecule has 0 aliphatic rings. The van der Waals surface area contributed by atoms with E-state index >= 15 is 0 Å². The Balaban J connectivity index is 3.71. The summed E-state index contributed by atoms with van der Waals surface area (Å²) in [5.41, 5.74) is 0. The molecule has 0 amide bonds. The Bertz CT molecular complexity index is 118. The van der Waals surface area contributed by atoms with Gasteiger partial charge in [0.2, 0.25) is 0 Å². The van der Waals surface area contributed by atoms with Gasteiger partial charge in [-0.15, -0.1) is 0 Å². The van der Waals surface area contributed by atoms with Crippen molar-refractivity contribution in [1.82, 2.24) is 0 Å². The summed E-state index contributed by atoms with van der Waals surface area (Å²) in [7, 11) is 0. The zero-order valence-electron chi connectivity index (χ0n) is 8.06. The van der Waals surface area contributed by atoms with Crippen LogP contribution in [0, 0.1) is 5.92 Å². The Hall–Kier alpha value is -0.160. The molecule has 80 valence electrons. The van der Waals surface area contributed by atoms with Crippen LogP contribution in [-0.2, 0) is 0 Å². The first kappa shape index (κ1) is 12.8. The van der Waals surface area contributed by atoms with Crippen molar-refractivity contribution in [2.45, 2.75) is 38.4 Å². The fourth-order valence-electron chi connectivity index (χ4n) is 1.22. The molecule has 0 aromatic rings. The number of aliphatic hydroxyl groups excluding tert-OH is 4. The fraction of sp³-hybridized carbons (Fsp3) is 1.00. The first-order valence-electron chi connectivity index (χ1n) is 4.71. The molecule has 13 heavy (non-hydrogen) atoms. The van der Waals surface area contributed by atoms with Gasteiger partial charge in [-0.3, -0.25) is 0 Å². The molecule has 4 nitrogen and oxygen atoms in total. The van der Waals surface area contributed by atoms with Gasteiger partial charge >= 0.3 is 0 Å². The van der Waals surface area contributed by atoms with Gasteiger partial charge in [-0.1, -0.05) is 6.92 Å². The van der Waals surface area contributed by atoms with Crippen molar-refractivity contribution >= 4 is 0 Å². The third-order valence-corrected chi connectivity index (χ3v) is 2.22. The normalized spacial score (nSPS) is 18.2. The zero-order valence-corrected chi connectivity index (χ0v) is 8.06. The molecule has 3 atom stereocenters.